The molecule has 3 amide bonds. The molecule has 1 aliphatic carbocycles. The minimum atomic E-state index is -0.693. The molecule has 0 bridgehead atoms. The topological polar surface area (TPSA) is 69.7 Å². The van der Waals surface area contributed by atoms with Crippen LogP contribution >= 0.6 is 23.2 Å². The van der Waals surface area contributed by atoms with Gasteiger partial charge in [0.1, 0.15) is 6.04 Å². The first-order valence-electron chi connectivity index (χ1n) is 13.2. The molecule has 1 fully saturated rings. The lowest BCUT2D eigenvalue weighted by Crippen LogP contribution is -2.49. The number of carbonyl (C=O) groups excluding carboxylic acids is 3. The van der Waals surface area contributed by atoms with E-state index in [9.17, 15) is 14.4 Å². The number of anilines is 1. The van der Waals surface area contributed by atoms with Crippen LogP contribution in [0, 0.1) is 0 Å². The normalized spacial score (nSPS) is 15.8. The summed E-state index contributed by atoms with van der Waals surface area (Å²) in [5, 5.41) is 5.99. The van der Waals surface area contributed by atoms with Crippen LogP contribution in [0.1, 0.15) is 61.4 Å². The molecule has 0 aromatic heterocycles. The van der Waals surface area contributed by atoms with E-state index in [2.05, 4.69) is 5.32 Å². The average molecular weight is 553 g/mol. The number of rotatable bonds is 9. The van der Waals surface area contributed by atoms with E-state index in [1.165, 1.54) is 0 Å². The number of hydrogen-bond donors (Lipinski definition) is 1. The van der Waals surface area contributed by atoms with E-state index in [-0.39, 0.29) is 36.7 Å². The van der Waals surface area contributed by atoms with Crippen molar-refractivity contribution in [2.24, 2.45) is 0 Å². The average Bonchev–Trinajstić information content (AvgIpc) is 3.51. The highest BCUT2D eigenvalue weighted by molar-refractivity contribution is 6.36. The lowest BCUT2D eigenvalue weighted by molar-refractivity contribution is -0.141. The number of nitrogens with zero attached hydrogens (tertiary/aromatic N) is 2. The van der Waals surface area contributed by atoms with Gasteiger partial charge in [-0.3, -0.25) is 14.4 Å². The van der Waals surface area contributed by atoms with Crippen LogP contribution in [0.2, 0.25) is 10.0 Å². The fourth-order valence-corrected chi connectivity index (χ4v) is 6.08. The molecule has 2 aliphatic rings. The summed E-state index contributed by atoms with van der Waals surface area (Å²) in [5.74, 6) is -0.407. The van der Waals surface area contributed by atoms with Gasteiger partial charge in [0.2, 0.25) is 11.8 Å². The first-order chi connectivity index (χ1) is 18.3. The number of benzene rings is 3. The summed E-state index contributed by atoms with van der Waals surface area (Å²) < 4.78 is 0. The van der Waals surface area contributed by atoms with Gasteiger partial charge in [-0.1, -0.05) is 66.4 Å². The molecular weight excluding hydrogens is 521 g/mol. The number of hydrogen-bond acceptors (Lipinski definition) is 3. The zero-order chi connectivity index (χ0) is 26.8. The Hall–Kier alpha value is -3.09. The minimum absolute atomic E-state index is 0.0479. The second-order valence-corrected chi connectivity index (χ2v) is 10.9. The monoisotopic (exact) mass is 551 g/mol. The molecule has 0 radical (unpaired) electrons. The Labute approximate surface area is 232 Å². The fraction of sp³-hybridized carbons (Fsp3) is 0.367. The Morgan fingerprint density at radius 3 is 2.39 bits per heavy atom. The van der Waals surface area contributed by atoms with E-state index in [1.807, 2.05) is 36.4 Å². The molecule has 198 valence electrons. The maximum Gasteiger partial charge on any atom is 0.258 e. The Bertz CT molecular complexity index is 1360. The number of nitrogens with one attached hydrogen (secondary N) is 1. The number of halogens is 2. The predicted octanol–water partition coefficient (Wildman–Crippen LogP) is 6.36. The van der Waals surface area contributed by atoms with Gasteiger partial charge in [-0.25, -0.2) is 0 Å². The van der Waals surface area contributed by atoms with Crippen molar-refractivity contribution in [1.29, 1.82) is 0 Å². The minimum Gasteiger partial charge on any atom is -0.352 e. The standard InChI is InChI=1S/C30H31Cl2N3O3/c1-19(29(37)33-21-10-2-3-11-21)35(18-23-24(31)13-6-14-25(23)32)27(36)16-7-17-34-26-15-5-9-20-8-4-12-22(28(20)26)30(34)38/h4-6,8-9,12-15,19,21H,2-3,7,10-11,16-18H2,1H3,(H,33,37)/t19-/m1/s1. The summed E-state index contributed by atoms with van der Waals surface area (Å²) in [7, 11) is 0. The first kappa shape index (κ1) is 26.5. The van der Waals surface area contributed by atoms with Crippen LogP contribution in [0.3, 0.4) is 0 Å². The molecule has 1 aliphatic heterocycles. The van der Waals surface area contributed by atoms with Crippen molar-refractivity contribution in [3.05, 3.63) is 75.8 Å². The molecule has 3 aromatic carbocycles. The quantitative estimate of drug-likeness (QED) is 0.336. The van der Waals surface area contributed by atoms with E-state index in [0.717, 1.165) is 42.1 Å². The molecule has 1 atom stereocenters. The van der Waals surface area contributed by atoms with E-state index in [0.29, 0.717) is 34.1 Å². The highest BCUT2D eigenvalue weighted by atomic mass is 35.5. The maximum absolute atomic E-state index is 13.6. The van der Waals surface area contributed by atoms with Crippen molar-refractivity contribution in [2.45, 2.75) is 64.1 Å². The Morgan fingerprint density at radius 2 is 1.68 bits per heavy atom. The van der Waals surface area contributed by atoms with Crippen LogP contribution in [-0.2, 0) is 16.1 Å². The Balaban J connectivity index is 1.30. The van der Waals surface area contributed by atoms with E-state index in [1.54, 1.807) is 34.9 Å². The van der Waals surface area contributed by atoms with Gasteiger partial charge < -0.3 is 15.1 Å². The summed E-state index contributed by atoms with van der Waals surface area (Å²) in [6.07, 6.45) is 4.76. The van der Waals surface area contributed by atoms with Crippen molar-refractivity contribution < 1.29 is 14.4 Å². The van der Waals surface area contributed by atoms with Gasteiger partial charge in [0, 0.05) is 52.1 Å². The summed E-state index contributed by atoms with van der Waals surface area (Å²) in [5.41, 5.74) is 2.18. The third kappa shape index (κ3) is 5.25. The fourth-order valence-electron chi connectivity index (χ4n) is 5.56. The van der Waals surface area contributed by atoms with Crippen LogP contribution in [0.4, 0.5) is 5.69 Å². The molecule has 1 N–H and O–H groups in total. The van der Waals surface area contributed by atoms with Crippen LogP contribution < -0.4 is 10.2 Å². The van der Waals surface area contributed by atoms with Gasteiger partial charge in [-0.05, 0) is 55.8 Å². The molecule has 6 nitrogen and oxygen atoms in total. The summed E-state index contributed by atoms with van der Waals surface area (Å²) in [4.78, 5) is 43.1. The van der Waals surface area contributed by atoms with Crippen LogP contribution in [0.15, 0.2) is 54.6 Å². The highest BCUT2D eigenvalue weighted by Gasteiger charge is 2.31. The Kier molecular flexibility index (Phi) is 7.91. The first-order valence-corrected chi connectivity index (χ1v) is 14.0. The lowest BCUT2D eigenvalue weighted by Gasteiger charge is -2.30. The molecule has 1 heterocycles. The van der Waals surface area contributed by atoms with E-state index in [4.69, 9.17) is 23.2 Å². The third-order valence-corrected chi connectivity index (χ3v) is 8.39. The molecule has 0 saturated heterocycles. The Morgan fingerprint density at radius 1 is 1.03 bits per heavy atom. The molecule has 8 heteroatoms. The zero-order valence-corrected chi connectivity index (χ0v) is 22.9. The van der Waals surface area contributed by atoms with Crippen molar-refractivity contribution in [1.82, 2.24) is 10.2 Å². The number of amides is 3. The molecule has 0 spiro atoms. The van der Waals surface area contributed by atoms with Crippen molar-refractivity contribution in [3.8, 4) is 0 Å². The SMILES string of the molecule is C[C@H](C(=O)NC1CCCC1)N(Cc1c(Cl)cccc1Cl)C(=O)CCCN1C(=O)c2cccc3cccc1c23. The van der Waals surface area contributed by atoms with Crippen LogP contribution in [0.5, 0.6) is 0 Å². The molecule has 3 aromatic rings. The summed E-state index contributed by atoms with van der Waals surface area (Å²) in [6.45, 7) is 2.28. The molecule has 0 unspecified atom stereocenters. The lowest BCUT2D eigenvalue weighted by atomic mass is 10.1. The van der Waals surface area contributed by atoms with Crippen molar-refractivity contribution in [3.63, 3.8) is 0 Å². The van der Waals surface area contributed by atoms with Crippen molar-refractivity contribution in [2.75, 3.05) is 11.4 Å². The predicted molar refractivity (Wildman–Crippen MR) is 152 cm³/mol. The van der Waals surface area contributed by atoms with Gasteiger partial charge >= 0.3 is 0 Å². The summed E-state index contributed by atoms with van der Waals surface area (Å²) in [6, 6.07) is 16.3. The smallest absolute Gasteiger partial charge is 0.258 e. The van der Waals surface area contributed by atoms with Gasteiger partial charge in [0.05, 0.1) is 5.69 Å². The van der Waals surface area contributed by atoms with Gasteiger partial charge in [-0.15, -0.1) is 0 Å². The summed E-state index contributed by atoms with van der Waals surface area (Å²) >= 11 is 12.8. The molecular formula is C30H31Cl2N3O3. The van der Waals surface area contributed by atoms with Gasteiger partial charge in [0.25, 0.3) is 5.91 Å². The zero-order valence-electron chi connectivity index (χ0n) is 21.4. The number of carbonyl (C=O) groups is 3. The second kappa shape index (κ2) is 11.3. The second-order valence-electron chi connectivity index (χ2n) is 10.1. The largest absolute Gasteiger partial charge is 0.352 e. The maximum atomic E-state index is 13.6. The van der Waals surface area contributed by atoms with E-state index >= 15 is 0 Å². The van der Waals surface area contributed by atoms with Crippen LogP contribution in [-0.4, -0.2) is 41.2 Å². The molecule has 1 saturated carbocycles. The van der Waals surface area contributed by atoms with Gasteiger partial charge in [0.15, 0.2) is 0 Å². The molecule has 5 rings (SSSR count). The third-order valence-electron chi connectivity index (χ3n) is 7.68. The van der Waals surface area contributed by atoms with Crippen LogP contribution in [0.25, 0.3) is 10.8 Å². The van der Waals surface area contributed by atoms with E-state index < -0.39 is 6.04 Å². The molecule has 38 heavy (non-hydrogen) atoms. The van der Waals surface area contributed by atoms with Gasteiger partial charge in [-0.2, -0.15) is 0 Å². The highest BCUT2D eigenvalue weighted by Crippen LogP contribution is 2.37. The van der Waals surface area contributed by atoms with Crippen molar-refractivity contribution >= 4 is 57.4 Å².